The predicted octanol–water partition coefficient (Wildman–Crippen LogP) is 0.470. The molecule has 0 aliphatic carbocycles. The summed E-state index contributed by atoms with van der Waals surface area (Å²) in [6.45, 7) is 1.55. The zero-order valence-corrected chi connectivity index (χ0v) is 5.03. The summed E-state index contributed by atoms with van der Waals surface area (Å²) in [4.78, 5) is 14.1. The summed E-state index contributed by atoms with van der Waals surface area (Å²) >= 11 is 0. The minimum absolute atomic E-state index is 0.910. The number of carbonyl (C=O) groups is 1. The van der Waals surface area contributed by atoms with Crippen molar-refractivity contribution in [2.75, 3.05) is 0 Å². The Kier molecular flexibility index (Phi) is 1.12. The van der Waals surface area contributed by atoms with Gasteiger partial charge in [0.05, 0.1) is 0 Å². The van der Waals surface area contributed by atoms with Gasteiger partial charge in [-0.15, -0.1) is 0 Å². The van der Waals surface area contributed by atoms with Gasteiger partial charge in [-0.25, -0.2) is 4.79 Å². The molecule has 0 fully saturated rings. The Hall–Kier alpha value is -1.12. The van der Waals surface area contributed by atoms with E-state index in [-0.39, 0.29) is 0 Å². The van der Waals surface area contributed by atoms with Gasteiger partial charge in [0.15, 0.2) is 5.54 Å². The number of allylic oxidation sites excluding steroid dienone is 1. The highest BCUT2D eigenvalue weighted by Crippen LogP contribution is 2.15. The van der Waals surface area contributed by atoms with Crippen molar-refractivity contribution in [1.82, 2.24) is 0 Å². The topological polar surface area (TPSA) is 49.7 Å². The molecule has 3 nitrogen and oxygen atoms in total. The Morgan fingerprint density at radius 1 is 1.78 bits per heavy atom. The van der Waals surface area contributed by atoms with E-state index < -0.39 is 11.5 Å². The van der Waals surface area contributed by atoms with Crippen molar-refractivity contribution in [2.24, 2.45) is 4.99 Å². The smallest absolute Gasteiger partial charge is 0.335 e. The van der Waals surface area contributed by atoms with Gasteiger partial charge in [-0.2, -0.15) is 0 Å². The lowest BCUT2D eigenvalue weighted by atomic mass is 10.1. The first-order valence-electron chi connectivity index (χ1n) is 2.61. The third-order valence-electron chi connectivity index (χ3n) is 1.28. The van der Waals surface area contributed by atoms with E-state index in [2.05, 4.69) is 4.99 Å². The van der Waals surface area contributed by atoms with Crippen LogP contribution in [0.5, 0.6) is 0 Å². The quantitative estimate of drug-likeness (QED) is 0.553. The lowest BCUT2D eigenvalue weighted by Crippen LogP contribution is -2.28. The van der Waals surface area contributed by atoms with Crippen LogP contribution in [0, 0.1) is 0 Å². The predicted molar refractivity (Wildman–Crippen MR) is 33.7 cm³/mol. The van der Waals surface area contributed by atoms with Crippen molar-refractivity contribution >= 4 is 12.2 Å². The largest absolute Gasteiger partial charge is 0.479 e. The SMILES string of the molecule is C[C@@]1(C(=O)O)C=CC=N1. The van der Waals surface area contributed by atoms with Crippen molar-refractivity contribution in [3.8, 4) is 0 Å². The summed E-state index contributed by atoms with van der Waals surface area (Å²) in [5.41, 5.74) is -1.00. The van der Waals surface area contributed by atoms with Crippen LogP contribution in [0.3, 0.4) is 0 Å². The fourth-order valence-electron chi connectivity index (χ4n) is 0.598. The average Bonchev–Trinajstić information content (AvgIpc) is 2.16. The monoisotopic (exact) mass is 125 g/mol. The highest BCUT2D eigenvalue weighted by molar-refractivity contribution is 5.89. The number of hydrogen-bond acceptors (Lipinski definition) is 2. The van der Waals surface area contributed by atoms with E-state index in [1.165, 1.54) is 6.21 Å². The summed E-state index contributed by atoms with van der Waals surface area (Å²) in [5, 5.41) is 8.51. The molecule has 1 atom stereocenters. The molecule has 0 unspecified atom stereocenters. The molecular weight excluding hydrogens is 118 g/mol. The molecule has 0 spiro atoms. The van der Waals surface area contributed by atoms with E-state index >= 15 is 0 Å². The summed E-state index contributed by atoms with van der Waals surface area (Å²) in [7, 11) is 0. The lowest BCUT2D eigenvalue weighted by Gasteiger charge is -2.09. The maximum atomic E-state index is 10.4. The molecule has 3 heteroatoms. The van der Waals surface area contributed by atoms with Crippen LogP contribution >= 0.6 is 0 Å². The van der Waals surface area contributed by atoms with E-state index in [1.807, 2.05) is 0 Å². The number of carboxylic acids is 1. The van der Waals surface area contributed by atoms with E-state index in [0.29, 0.717) is 0 Å². The number of aliphatic imine (C=N–C) groups is 1. The first-order valence-corrected chi connectivity index (χ1v) is 2.61. The number of rotatable bonds is 1. The zero-order valence-electron chi connectivity index (χ0n) is 5.03. The van der Waals surface area contributed by atoms with Crippen LogP contribution in [0.4, 0.5) is 0 Å². The summed E-state index contributed by atoms with van der Waals surface area (Å²) in [6.07, 6.45) is 4.68. The zero-order chi connectivity index (χ0) is 6.91. The second-order valence-electron chi connectivity index (χ2n) is 2.09. The van der Waals surface area contributed by atoms with Gasteiger partial charge in [-0.1, -0.05) is 0 Å². The van der Waals surface area contributed by atoms with Crippen molar-refractivity contribution in [3.05, 3.63) is 12.2 Å². The maximum absolute atomic E-state index is 10.4. The second-order valence-corrected chi connectivity index (χ2v) is 2.09. The van der Waals surface area contributed by atoms with Crippen LogP contribution in [0.15, 0.2) is 17.1 Å². The Morgan fingerprint density at radius 2 is 2.44 bits per heavy atom. The lowest BCUT2D eigenvalue weighted by molar-refractivity contribution is -0.140. The van der Waals surface area contributed by atoms with E-state index in [4.69, 9.17) is 5.11 Å². The summed E-state index contributed by atoms with van der Waals surface area (Å²) in [5.74, 6) is -0.910. The molecule has 0 aromatic carbocycles. The van der Waals surface area contributed by atoms with Gasteiger partial charge < -0.3 is 5.11 Å². The third kappa shape index (κ3) is 0.850. The number of hydrogen-bond donors (Lipinski definition) is 1. The Morgan fingerprint density at radius 3 is 2.67 bits per heavy atom. The molecule has 0 aromatic rings. The fourth-order valence-corrected chi connectivity index (χ4v) is 0.598. The minimum Gasteiger partial charge on any atom is -0.479 e. The molecule has 1 aliphatic rings. The van der Waals surface area contributed by atoms with Crippen LogP contribution in [-0.2, 0) is 4.79 Å². The van der Waals surface area contributed by atoms with Crippen molar-refractivity contribution < 1.29 is 9.90 Å². The number of aliphatic carboxylic acids is 1. The van der Waals surface area contributed by atoms with Gasteiger partial charge in [0.2, 0.25) is 0 Å². The highest BCUT2D eigenvalue weighted by Gasteiger charge is 2.29. The molecule has 0 saturated heterocycles. The second kappa shape index (κ2) is 1.69. The van der Waals surface area contributed by atoms with Crippen LogP contribution < -0.4 is 0 Å². The molecule has 0 aromatic heterocycles. The third-order valence-corrected chi connectivity index (χ3v) is 1.28. The summed E-state index contributed by atoms with van der Waals surface area (Å²) < 4.78 is 0. The number of carboxylic acid groups (broad SMARTS) is 1. The molecule has 0 radical (unpaired) electrons. The van der Waals surface area contributed by atoms with E-state index in [1.54, 1.807) is 19.1 Å². The minimum atomic E-state index is -1.00. The van der Waals surface area contributed by atoms with E-state index in [0.717, 1.165) is 0 Å². The Balaban J connectivity index is 2.88. The van der Waals surface area contributed by atoms with Gasteiger partial charge in [-0.05, 0) is 19.1 Å². The van der Waals surface area contributed by atoms with Gasteiger partial charge in [0, 0.05) is 6.21 Å². The van der Waals surface area contributed by atoms with Crippen LogP contribution in [0.2, 0.25) is 0 Å². The molecule has 1 aliphatic heterocycles. The molecule has 9 heavy (non-hydrogen) atoms. The van der Waals surface area contributed by atoms with Crippen LogP contribution in [0.25, 0.3) is 0 Å². The molecule has 48 valence electrons. The van der Waals surface area contributed by atoms with Crippen molar-refractivity contribution in [2.45, 2.75) is 12.5 Å². The molecule has 1 N–H and O–H groups in total. The van der Waals surface area contributed by atoms with Gasteiger partial charge in [0.1, 0.15) is 0 Å². The molecule has 0 bridgehead atoms. The first kappa shape index (κ1) is 6.01. The van der Waals surface area contributed by atoms with Gasteiger partial charge >= 0.3 is 5.97 Å². The average molecular weight is 125 g/mol. The fraction of sp³-hybridized carbons (Fsp3) is 0.333. The first-order chi connectivity index (χ1) is 4.15. The highest BCUT2D eigenvalue weighted by atomic mass is 16.4. The van der Waals surface area contributed by atoms with Crippen molar-refractivity contribution in [3.63, 3.8) is 0 Å². The number of nitrogens with zero attached hydrogens (tertiary/aromatic N) is 1. The van der Waals surface area contributed by atoms with Crippen LogP contribution in [-0.4, -0.2) is 22.8 Å². The molecule has 0 saturated carbocycles. The van der Waals surface area contributed by atoms with Gasteiger partial charge in [-0.3, -0.25) is 4.99 Å². The molecular formula is C6H7NO2. The Bertz CT molecular complexity index is 181. The molecule has 1 heterocycles. The maximum Gasteiger partial charge on any atom is 0.335 e. The van der Waals surface area contributed by atoms with Crippen molar-refractivity contribution in [1.29, 1.82) is 0 Å². The van der Waals surface area contributed by atoms with Gasteiger partial charge in [0.25, 0.3) is 0 Å². The molecule has 1 rings (SSSR count). The van der Waals surface area contributed by atoms with Crippen LogP contribution in [0.1, 0.15) is 6.92 Å². The normalized spacial score (nSPS) is 31.2. The standard InChI is InChI=1S/C6H7NO2/c1-6(5(8)9)3-2-4-7-6/h2-4H,1H3,(H,8,9)/t6-/m0/s1. The Labute approximate surface area is 52.7 Å². The summed E-state index contributed by atoms with van der Waals surface area (Å²) in [6, 6.07) is 0. The molecule has 0 amide bonds. The van der Waals surface area contributed by atoms with E-state index in [9.17, 15) is 4.79 Å².